The summed E-state index contributed by atoms with van der Waals surface area (Å²) in [5.41, 5.74) is 0.990. The third kappa shape index (κ3) is 5.81. The van der Waals surface area contributed by atoms with Crippen molar-refractivity contribution < 1.29 is 18.7 Å². The predicted octanol–water partition coefficient (Wildman–Crippen LogP) is 2.44. The van der Waals surface area contributed by atoms with E-state index >= 15 is 0 Å². The molecule has 0 N–H and O–H groups in total. The molecule has 2 aliphatic rings. The Balaban J connectivity index is 1.34. The molecule has 150 valence electrons. The molecule has 1 aromatic rings. The summed E-state index contributed by atoms with van der Waals surface area (Å²) in [4.78, 5) is 18.7. The highest BCUT2D eigenvalue weighted by atomic mass is 19.1. The molecule has 27 heavy (non-hydrogen) atoms. The van der Waals surface area contributed by atoms with Gasteiger partial charge in [0, 0.05) is 45.5 Å². The van der Waals surface area contributed by atoms with Gasteiger partial charge in [-0.2, -0.15) is 0 Å². The number of methoxy groups -OCH3 is 1. The maximum atomic E-state index is 13.0. The summed E-state index contributed by atoms with van der Waals surface area (Å²) >= 11 is 0. The van der Waals surface area contributed by atoms with E-state index in [1.165, 1.54) is 12.1 Å². The van der Waals surface area contributed by atoms with Crippen LogP contribution >= 0.6 is 0 Å². The number of piperidine rings is 1. The van der Waals surface area contributed by atoms with Crippen LogP contribution in [0.1, 0.15) is 12.8 Å². The van der Waals surface area contributed by atoms with E-state index in [-0.39, 0.29) is 11.9 Å². The van der Waals surface area contributed by atoms with Gasteiger partial charge in [0.05, 0.1) is 13.2 Å². The number of rotatable bonds is 6. The Morgan fingerprint density at radius 2 is 1.74 bits per heavy atom. The molecule has 6 nitrogen and oxygen atoms in total. The van der Waals surface area contributed by atoms with Crippen molar-refractivity contribution in [3.8, 4) is 0 Å². The maximum absolute atomic E-state index is 13.0. The van der Waals surface area contributed by atoms with Gasteiger partial charge in [-0.15, -0.1) is 0 Å². The standard InChI is InChI=1S/C20H30FN3O3/c1-26-15-14-22-8-6-17(7-9-22)16-27-20(25)24-12-10-23(11-13-24)19-4-2-18(21)3-5-19/h2-5,17H,6-16H2,1H3. The summed E-state index contributed by atoms with van der Waals surface area (Å²) in [6, 6.07) is 6.50. The van der Waals surface area contributed by atoms with E-state index < -0.39 is 0 Å². The lowest BCUT2D eigenvalue weighted by molar-refractivity contribution is 0.0628. The molecule has 0 bridgehead atoms. The van der Waals surface area contributed by atoms with Gasteiger partial charge < -0.3 is 24.2 Å². The van der Waals surface area contributed by atoms with Gasteiger partial charge in [-0.25, -0.2) is 9.18 Å². The zero-order valence-electron chi connectivity index (χ0n) is 16.1. The number of carbonyl (C=O) groups is 1. The van der Waals surface area contributed by atoms with Crippen LogP contribution in [0, 0.1) is 11.7 Å². The minimum atomic E-state index is -0.231. The molecule has 0 unspecified atom stereocenters. The van der Waals surface area contributed by atoms with Gasteiger partial charge in [0.2, 0.25) is 0 Å². The third-order valence-electron chi connectivity index (χ3n) is 5.49. The van der Waals surface area contributed by atoms with Gasteiger partial charge >= 0.3 is 6.09 Å². The number of hydrogen-bond acceptors (Lipinski definition) is 5. The molecule has 0 saturated carbocycles. The lowest BCUT2D eigenvalue weighted by Crippen LogP contribution is -2.49. The number of ether oxygens (including phenoxy) is 2. The fourth-order valence-electron chi connectivity index (χ4n) is 3.68. The number of amides is 1. The number of hydrogen-bond donors (Lipinski definition) is 0. The van der Waals surface area contributed by atoms with E-state index in [1.807, 2.05) is 0 Å². The van der Waals surface area contributed by atoms with Crippen molar-refractivity contribution in [2.75, 3.05) is 71.0 Å². The van der Waals surface area contributed by atoms with Crippen LogP contribution in [0.25, 0.3) is 0 Å². The Kier molecular flexibility index (Phi) is 7.29. The average molecular weight is 379 g/mol. The minimum Gasteiger partial charge on any atom is -0.449 e. The zero-order chi connectivity index (χ0) is 19.1. The van der Waals surface area contributed by atoms with Crippen LogP contribution in [0.3, 0.4) is 0 Å². The highest BCUT2D eigenvalue weighted by Gasteiger charge is 2.25. The van der Waals surface area contributed by atoms with Crippen molar-refractivity contribution in [2.24, 2.45) is 5.92 Å². The van der Waals surface area contributed by atoms with Crippen molar-refractivity contribution in [1.82, 2.24) is 9.80 Å². The van der Waals surface area contributed by atoms with Crippen LogP contribution < -0.4 is 4.90 Å². The first kappa shape index (κ1) is 19.9. The van der Waals surface area contributed by atoms with Crippen LogP contribution in [-0.2, 0) is 9.47 Å². The summed E-state index contributed by atoms with van der Waals surface area (Å²) in [5, 5.41) is 0. The molecule has 2 aliphatic heterocycles. The fraction of sp³-hybridized carbons (Fsp3) is 0.650. The molecule has 2 fully saturated rings. The number of anilines is 1. The van der Waals surface area contributed by atoms with Gasteiger partial charge in [-0.1, -0.05) is 0 Å². The van der Waals surface area contributed by atoms with E-state index in [9.17, 15) is 9.18 Å². The van der Waals surface area contributed by atoms with Crippen LogP contribution in [-0.4, -0.2) is 82.0 Å². The molecule has 0 atom stereocenters. The second-order valence-corrected chi connectivity index (χ2v) is 7.31. The number of benzene rings is 1. The first-order chi connectivity index (χ1) is 13.2. The number of piperazine rings is 1. The molecule has 0 radical (unpaired) electrons. The van der Waals surface area contributed by atoms with Crippen molar-refractivity contribution in [3.05, 3.63) is 30.1 Å². The summed E-state index contributed by atoms with van der Waals surface area (Å²) in [5.74, 6) is 0.221. The zero-order valence-corrected chi connectivity index (χ0v) is 16.1. The number of nitrogens with zero attached hydrogens (tertiary/aromatic N) is 3. The molecular weight excluding hydrogens is 349 g/mol. The Labute approximate surface area is 160 Å². The van der Waals surface area contributed by atoms with E-state index in [4.69, 9.17) is 9.47 Å². The molecule has 1 amide bonds. The highest BCUT2D eigenvalue weighted by Crippen LogP contribution is 2.19. The fourth-order valence-corrected chi connectivity index (χ4v) is 3.68. The van der Waals surface area contributed by atoms with Crippen molar-refractivity contribution in [1.29, 1.82) is 0 Å². The van der Waals surface area contributed by atoms with Crippen molar-refractivity contribution >= 4 is 11.8 Å². The van der Waals surface area contributed by atoms with Crippen LogP contribution in [0.2, 0.25) is 0 Å². The molecule has 0 aliphatic carbocycles. The molecule has 0 aromatic heterocycles. The average Bonchev–Trinajstić information content (AvgIpc) is 2.72. The topological polar surface area (TPSA) is 45.3 Å². The second-order valence-electron chi connectivity index (χ2n) is 7.31. The largest absolute Gasteiger partial charge is 0.449 e. The quantitative estimate of drug-likeness (QED) is 0.760. The Bertz CT molecular complexity index is 583. The second kappa shape index (κ2) is 9.90. The predicted molar refractivity (Wildman–Crippen MR) is 103 cm³/mol. The van der Waals surface area contributed by atoms with Crippen molar-refractivity contribution in [2.45, 2.75) is 12.8 Å². The van der Waals surface area contributed by atoms with E-state index in [2.05, 4.69) is 9.80 Å². The molecule has 0 spiro atoms. The normalized spacial score (nSPS) is 19.3. The molecular formula is C20H30FN3O3. The SMILES string of the molecule is COCCN1CCC(COC(=O)N2CCN(c3ccc(F)cc3)CC2)CC1. The lowest BCUT2D eigenvalue weighted by Gasteiger charge is -2.36. The van der Waals surface area contributed by atoms with Gasteiger partial charge in [-0.3, -0.25) is 0 Å². The number of halogens is 1. The monoisotopic (exact) mass is 379 g/mol. The summed E-state index contributed by atoms with van der Waals surface area (Å²) < 4.78 is 23.7. The van der Waals surface area contributed by atoms with Crippen LogP contribution in [0.15, 0.2) is 24.3 Å². The van der Waals surface area contributed by atoms with Crippen LogP contribution in [0.4, 0.5) is 14.9 Å². The summed E-state index contributed by atoms with van der Waals surface area (Å²) in [6.07, 6.45) is 1.92. The minimum absolute atomic E-state index is 0.212. The summed E-state index contributed by atoms with van der Waals surface area (Å²) in [6.45, 7) is 7.07. The smallest absolute Gasteiger partial charge is 0.409 e. The number of carbonyl (C=O) groups excluding carboxylic acids is 1. The van der Waals surface area contributed by atoms with Gasteiger partial charge in [0.25, 0.3) is 0 Å². The Morgan fingerprint density at radius 3 is 2.37 bits per heavy atom. The van der Waals surface area contributed by atoms with E-state index in [0.717, 1.165) is 57.9 Å². The van der Waals surface area contributed by atoms with Gasteiger partial charge in [-0.05, 0) is 56.1 Å². The third-order valence-corrected chi connectivity index (χ3v) is 5.49. The number of likely N-dealkylation sites (tertiary alicyclic amines) is 1. The lowest BCUT2D eigenvalue weighted by atomic mass is 9.98. The van der Waals surface area contributed by atoms with Gasteiger partial charge in [0.15, 0.2) is 0 Å². The maximum Gasteiger partial charge on any atom is 0.409 e. The molecule has 2 heterocycles. The highest BCUT2D eigenvalue weighted by molar-refractivity contribution is 5.68. The van der Waals surface area contributed by atoms with Gasteiger partial charge in [0.1, 0.15) is 5.82 Å². The first-order valence-corrected chi connectivity index (χ1v) is 9.79. The van der Waals surface area contributed by atoms with E-state index in [1.54, 1.807) is 24.1 Å². The van der Waals surface area contributed by atoms with Crippen LogP contribution in [0.5, 0.6) is 0 Å². The molecule has 2 saturated heterocycles. The van der Waals surface area contributed by atoms with Crippen molar-refractivity contribution in [3.63, 3.8) is 0 Å². The Morgan fingerprint density at radius 1 is 1.07 bits per heavy atom. The van der Waals surface area contributed by atoms with E-state index in [0.29, 0.717) is 25.6 Å². The molecule has 7 heteroatoms. The molecule has 3 rings (SSSR count). The first-order valence-electron chi connectivity index (χ1n) is 9.79. The molecule has 1 aromatic carbocycles. The summed E-state index contributed by atoms with van der Waals surface area (Å²) in [7, 11) is 1.73. The Hall–Kier alpha value is -1.86.